The van der Waals surface area contributed by atoms with Crippen LogP contribution in [-0.4, -0.2) is 40.9 Å². The van der Waals surface area contributed by atoms with E-state index in [1.54, 1.807) is 10.4 Å². The standard InChI is InChI=1S/C11H14Cl2N4O4/c12-1-3-16(4-2-13)9-5-7(11(14)18)8(15-19)6-10(9)17(20)21/h5-6,15,19H,1-4H2,(H2,14,18). The van der Waals surface area contributed by atoms with Crippen molar-refractivity contribution < 1.29 is 14.9 Å². The monoisotopic (exact) mass is 336 g/mol. The number of hydrogen-bond donors (Lipinski definition) is 3. The highest BCUT2D eigenvalue weighted by molar-refractivity contribution is 6.18. The Morgan fingerprint density at radius 2 is 1.95 bits per heavy atom. The van der Waals surface area contributed by atoms with Crippen LogP contribution in [0.3, 0.4) is 0 Å². The molecule has 21 heavy (non-hydrogen) atoms. The van der Waals surface area contributed by atoms with E-state index in [0.29, 0.717) is 13.1 Å². The molecule has 0 bridgehead atoms. The van der Waals surface area contributed by atoms with E-state index >= 15 is 0 Å². The van der Waals surface area contributed by atoms with Crippen molar-refractivity contribution in [3.63, 3.8) is 0 Å². The van der Waals surface area contributed by atoms with Crippen LogP contribution in [-0.2, 0) is 0 Å². The van der Waals surface area contributed by atoms with Gasteiger partial charge in [0.1, 0.15) is 5.69 Å². The molecule has 10 heteroatoms. The molecule has 0 fully saturated rings. The summed E-state index contributed by atoms with van der Waals surface area (Å²) in [7, 11) is 0. The van der Waals surface area contributed by atoms with Crippen molar-refractivity contribution in [2.45, 2.75) is 0 Å². The average Bonchev–Trinajstić information content (AvgIpc) is 2.45. The molecule has 0 aliphatic carbocycles. The van der Waals surface area contributed by atoms with Crippen LogP contribution in [0.25, 0.3) is 0 Å². The van der Waals surface area contributed by atoms with Gasteiger partial charge in [-0.05, 0) is 6.07 Å². The number of primary amides is 1. The Labute approximate surface area is 130 Å². The number of nitrogens with zero attached hydrogens (tertiary/aromatic N) is 2. The fourth-order valence-corrected chi connectivity index (χ4v) is 2.24. The molecule has 0 radical (unpaired) electrons. The second-order valence-corrected chi connectivity index (χ2v) is 4.74. The molecule has 8 nitrogen and oxygen atoms in total. The van der Waals surface area contributed by atoms with Gasteiger partial charge in [-0.25, -0.2) is 0 Å². The van der Waals surface area contributed by atoms with Gasteiger partial charge in [0.15, 0.2) is 0 Å². The van der Waals surface area contributed by atoms with Gasteiger partial charge in [0, 0.05) is 30.9 Å². The Balaban J connectivity index is 3.48. The van der Waals surface area contributed by atoms with Gasteiger partial charge in [-0.2, -0.15) is 0 Å². The number of hydrogen-bond acceptors (Lipinski definition) is 6. The van der Waals surface area contributed by atoms with Gasteiger partial charge in [0.05, 0.1) is 16.2 Å². The van der Waals surface area contributed by atoms with E-state index in [4.69, 9.17) is 34.1 Å². The van der Waals surface area contributed by atoms with Gasteiger partial charge in [-0.1, -0.05) is 0 Å². The number of amides is 1. The summed E-state index contributed by atoms with van der Waals surface area (Å²) < 4.78 is 0. The second kappa shape index (κ2) is 7.87. The minimum Gasteiger partial charge on any atom is -0.366 e. The lowest BCUT2D eigenvalue weighted by Crippen LogP contribution is -2.29. The van der Waals surface area contributed by atoms with Crippen LogP contribution in [0.5, 0.6) is 0 Å². The predicted molar refractivity (Wildman–Crippen MR) is 80.7 cm³/mol. The first-order chi connectivity index (χ1) is 9.96. The Morgan fingerprint density at radius 3 is 2.33 bits per heavy atom. The summed E-state index contributed by atoms with van der Waals surface area (Å²) in [5.41, 5.74) is 6.57. The van der Waals surface area contributed by atoms with Crippen molar-refractivity contribution in [3.05, 3.63) is 27.8 Å². The van der Waals surface area contributed by atoms with Crippen molar-refractivity contribution >= 4 is 46.2 Å². The van der Waals surface area contributed by atoms with Crippen molar-refractivity contribution in [2.24, 2.45) is 5.73 Å². The molecule has 116 valence electrons. The second-order valence-electron chi connectivity index (χ2n) is 3.98. The molecule has 1 amide bonds. The fraction of sp³-hybridized carbons (Fsp3) is 0.364. The van der Waals surface area contributed by atoms with Gasteiger partial charge in [0.2, 0.25) is 0 Å². The third kappa shape index (κ3) is 4.10. The maximum atomic E-state index is 11.4. The molecular formula is C11H14Cl2N4O4. The summed E-state index contributed by atoms with van der Waals surface area (Å²) in [5.74, 6) is -0.390. The van der Waals surface area contributed by atoms with Gasteiger partial charge in [-0.15, -0.1) is 23.2 Å². The van der Waals surface area contributed by atoms with Crippen molar-refractivity contribution in [1.82, 2.24) is 0 Å². The van der Waals surface area contributed by atoms with Crippen LogP contribution in [0.15, 0.2) is 12.1 Å². The van der Waals surface area contributed by atoms with Crippen LogP contribution in [0.4, 0.5) is 17.1 Å². The molecule has 0 saturated carbocycles. The summed E-state index contributed by atoms with van der Waals surface area (Å²) in [4.78, 5) is 23.5. The lowest BCUT2D eigenvalue weighted by atomic mass is 10.1. The summed E-state index contributed by atoms with van der Waals surface area (Å²) in [6, 6.07) is 2.27. The van der Waals surface area contributed by atoms with Crippen LogP contribution in [0.1, 0.15) is 10.4 Å². The first kappa shape index (κ1) is 17.3. The number of alkyl halides is 2. The summed E-state index contributed by atoms with van der Waals surface area (Å²) in [6.45, 7) is 0.610. The molecule has 0 aliphatic heterocycles. The average molecular weight is 337 g/mol. The molecule has 0 heterocycles. The minimum atomic E-state index is -0.834. The molecule has 1 aromatic carbocycles. The Bertz CT molecular complexity index is 535. The van der Waals surface area contributed by atoms with Crippen LogP contribution >= 0.6 is 23.2 Å². The summed E-state index contributed by atoms with van der Waals surface area (Å²) >= 11 is 11.4. The summed E-state index contributed by atoms with van der Waals surface area (Å²) in [5, 5.41) is 20.1. The normalized spacial score (nSPS) is 10.2. The highest BCUT2D eigenvalue weighted by atomic mass is 35.5. The number of nitro benzene ring substituents is 1. The van der Waals surface area contributed by atoms with Crippen molar-refractivity contribution in [2.75, 3.05) is 35.2 Å². The maximum absolute atomic E-state index is 11.4. The van der Waals surface area contributed by atoms with E-state index in [1.807, 2.05) is 0 Å². The molecule has 0 saturated heterocycles. The fourth-order valence-electron chi connectivity index (χ4n) is 1.83. The Morgan fingerprint density at radius 1 is 1.38 bits per heavy atom. The topological polar surface area (TPSA) is 122 Å². The van der Waals surface area contributed by atoms with Gasteiger partial charge in [0.25, 0.3) is 11.6 Å². The molecular weight excluding hydrogens is 323 g/mol. The lowest BCUT2D eigenvalue weighted by Gasteiger charge is -2.23. The Hall–Kier alpha value is -1.77. The number of nitrogens with one attached hydrogen (secondary N) is 1. The lowest BCUT2D eigenvalue weighted by molar-refractivity contribution is -0.384. The van der Waals surface area contributed by atoms with E-state index < -0.39 is 10.8 Å². The van der Waals surface area contributed by atoms with Crippen LogP contribution in [0, 0.1) is 10.1 Å². The molecule has 1 rings (SSSR count). The van der Waals surface area contributed by atoms with Gasteiger partial charge < -0.3 is 10.6 Å². The number of benzene rings is 1. The van der Waals surface area contributed by atoms with Gasteiger partial charge in [-0.3, -0.25) is 25.6 Å². The smallest absolute Gasteiger partial charge is 0.294 e. The molecule has 4 N–H and O–H groups in total. The molecule has 0 aromatic heterocycles. The molecule has 0 unspecified atom stereocenters. The van der Waals surface area contributed by atoms with Crippen LogP contribution < -0.4 is 16.1 Å². The van der Waals surface area contributed by atoms with E-state index in [0.717, 1.165) is 6.07 Å². The number of carbonyl (C=O) groups excluding carboxylic acids is 1. The van der Waals surface area contributed by atoms with E-state index in [2.05, 4.69) is 0 Å². The maximum Gasteiger partial charge on any atom is 0.294 e. The zero-order valence-corrected chi connectivity index (χ0v) is 12.4. The number of nitro groups is 1. The number of rotatable bonds is 8. The first-order valence-corrected chi connectivity index (χ1v) is 6.92. The zero-order valence-electron chi connectivity index (χ0n) is 10.9. The number of anilines is 2. The van der Waals surface area contributed by atoms with Crippen molar-refractivity contribution in [3.8, 4) is 0 Å². The quantitative estimate of drug-likeness (QED) is 0.378. The number of carbonyl (C=O) groups is 1. The zero-order chi connectivity index (χ0) is 16.0. The van der Waals surface area contributed by atoms with E-state index in [1.165, 1.54) is 6.07 Å². The third-order valence-corrected chi connectivity index (χ3v) is 3.08. The van der Waals surface area contributed by atoms with E-state index in [9.17, 15) is 14.9 Å². The molecule has 0 aliphatic rings. The summed E-state index contributed by atoms with van der Waals surface area (Å²) in [6.07, 6.45) is 0. The minimum absolute atomic E-state index is 0.0766. The molecule has 1 aromatic rings. The highest BCUT2D eigenvalue weighted by Gasteiger charge is 2.24. The van der Waals surface area contributed by atoms with Crippen LogP contribution in [0.2, 0.25) is 0 Å². The third-order valence-electron chi connectivity index (χ3n) is 2.75. The largest absolute Gasteiger partial charge is 0.366 e. The predicted octanol–water partition coefficient (Wildman–Crippen LogP) is 1.78. The SMILES string of the molecule is NC(=O)c1cc(N(CCCl)CCCl)c([N+](=O)[O-])cc1NO. The van der Waals surface area contributed by atoms with Crippen molar-refractivity contribution in [1.29, 1.82) is 0 Å². The molecule has 0 spiro atoms. The molecule has 0 atom stereocenters. The first-order valence-electron chi connectivity index (χ1n) is 5.85. The highest BCUT2D eigenvalue weighted by Crippen LogP contribution is 2.34. The number of halogens is 2. The van der Waals surface area contributed by atoms with Gasteiger partial charge >= 0.3 is 0 Å². The Kier molecular flexibility index (Phi) is 6.47. The number of nitrogens with two attached hydrogens (primary N) is 1. The van der Waals surface area contributed by atoms with E-state index in [-0.39, 0.29) is 34.4 Å².